The summed E-state index contributed by atoms with van der Waals surface area (Å²) in [7, 11) is 0. The van der Waals surface area contributed by atoms with Gasteiger partial charge in [-0.3, -0.25) is 0 Å². The molecule has 1 aromatic carbocycles. The van der Waals surface area contributed by atoms with Crippen molar-refractivity contribution < 1.29 is 18.9 Å². The fourth-order valence-corrected chi connectivity index (χ4v) is 2.28. The molecule has 0 aliphatic carbocycles. The lowest BCUT2D eigenvalue weighted by molar-refractivity contribution is -0.351. The van der Waals surface area contributed by atoms with Gasteiger partial charge in [0.15, 0.2) is 0 Å². The molecule has 0 aromatic heterocycles. The van der Waals surface area contributed by atoms with E-state index in [9.17, 15) is 0 Å². The van der Waals surface area contributed by atoms with Crippen LogP contribution in [0, 0.1) is 0 Å². The number of hydrogen-bond donors (Lipinski definition) is 0. The second-order valence-electron chi connectivity index (χ2n) is 4.66. The second kappa shape index (κ2) is 5.26. The Balaban J connectivity index is 1.50. The van der Waals surface area contributed by atoms with E-state index < -0.39 is 5.97 Å². The van der Waals surface area contributed by atoms with Crippen molar-refractivity contribution in [3.8, 4) is 5.75 Å². The molecule has 0 N–H and O–H groups in total. The fourth-order valence-electron chi connectivity index (χ4n) is 2.28. The van der Waals surface area contributed by atoms with Crippen molar-refractivity contribution in [3.63, 3.8) is 0 Å². The van der Waals surface area contributed by atoms with E-state index in [1.54, 1.807) is 0 Å². The molecule has 1 aromatic rings. The monoisotopic (exact) mass is 250 g/mol. The molecular formula is C14H18O4. The number of benzene rings is 1. The zero-order chi connectivity index (χ0) is 12.3. The van der Waals surface area contributed by atoms with Crippen LogP contribution in [0.15, 0.2) is 30.3 Å². The van der Waals surface area contributed by atoms with Crippen LogP contribution in [0.1, 0.15) is 19.3 Å². The highest BCUT2D eigenvalue weighted by Crippen LogP contribution is 2.33. The Kier molecular flexibility index (Phi) is 3.50. The number of para-hydroxylation sites is 1. The molecule has 2 fully saturated rings. The molecule has 3 rings (SSSR count). The molecular weight excluding hydrogens is 232 g/mol. The van der Waals surface area contributed by atoms with Gasteiger partial charge in [-0.15, -0.1) is 0 Å². The average Bonchev–Trinajstić information content (AvgIpc) is 2.82. The van der Waals surface area contributed by atoms with E-state index in [4.69, 9.17) is 18.9 Å². The minimum absolute atomic E-state index is 0.0525. The minimum Gasteiger partial charge on any atom is -0.491 e. The van der Waals surface area contributed by atoms with Crippen molar-refractivity contribution in [2.75, 3.05) is 19.8 Å². The summed E-state index contributed by atoms with van der Waals surface area (Å²) >= 11 is 0. The third-order valence-corrected chi connectivity index (χ3v) is 3.21. The maximum atomic E-state index is 5.84. The van der Waals surface area contributed by atoms with Crippen molar-refractivity contribution in [3.05, 3.63) is 30.3 Å². The first-order valence-electron chi connectivity index (χ1n) is 6.50. The van der Waals surface area contributed by atoms with E-state index in [2.05, 4.69) is 0 Å². The number of rotatable bonds is 3. The Morgan fingerprint density at radius 1 is 1.17 bits per heavy atom. The third-order valence-electron chi connectivity index (χ3n) is 3.21. The van der Waals surface area contributed by atoms with E-state index >= 15 is 0 Å². The molecule has 4 heteroatoms. The zero-order valence-corrected chi connectivity index (χ0v) is 10.3. The first kappa shape index (κ1) is 12.0. The maximum Gasteiger partial charge on any atom is 0.283 e. The third kappa shape index (κ3) is 2.66. The van der Waals surface area contributed by atoms with Gasteiger partial charge in [-0.05, 0) is 25.0 Å². The number of hydrogen-bond acceptors (Lipinski definition) is 4. The Morgan fingerprint density at radius 2 is 2.06 bits per heavy atom. The SMILES string of the molecule is c1ccc(OCC2COC3(CCCCO3)O2)cc1. The van der Waals surface area contributed by atoms with Gasteiger partial charge in [0.25, 0.3) is 5.97 Å². The van der Waals surface area contributed by atoms with Gasteiger partial charge in [-0.2, -0.15) is 0 Å². The highest BCUT2D eigenvalue weighted by Gasteiger charge is 2.44. The van der Waals surface area contributed by atoms with Gasteiger partial charge >= 0.3 is 0 Å². The number of ether oxygens (including phenoxy) is 4. The van der Waals surface area contributed by atoms with E-state index in [-0.39, 0.29) is 6.10 Å². The molecule has 2 aliphatic rings. The Morgan fingerprint density at radius 3 is 2.83 bits per heavy atom. The molecule has 1 spiro atoms. The van der Waals surface area contributed by atoms with Gasteiger partial charge in [-0.25, -0.2) is 0 Å². The van der Waals surface area contributed by atoms with Gasteiger partial charge in [-0.1, -0.05) is 18.2 Å². The molecule has 2 unspecified atom stereocenters. The van der Waals surface area contributed by atoms with Crippen LogP contribution in [-0.2, 0) is 14.2 Å². The van der Waals surface area contributed by atoms with Crippen LogP contribution in [0.3, 0.4) is 0 Å². The van der Waals surface area contributed by atoms with Crippen LogP contribution in [0.2, 0.25) is 0 Å². The molecule has 2 saturated heterocycles. The lowest BCUT2D eigenvalue weighted by atomic mass is 10.2. The van der Waals surface area contributed by atoms with Gasteiger partial charge in [0.2, 0.25) is 0 Å². The van der Waals surface area contributed by atoms with Gasteiger partial charge < -0.3 is 18.9 Å². The van der Waals surface area contributed by atoms with Gasteiger partial charge in [0.1, 0.15) is 18.5 Å². The lowest BCUT2D eigenvalue weighted by Gasteiger charge is -2.31. The highest BCUT2D eigenvalue weighted by molar-refractivity contribution is 5.20. The largest absolute Gasteiger partial charge is 0.491 e. The van der Waals surface area contributed by atoms with Crippen molar-refractivity contribution in [2.24, 2.45) is 0 Å². The summed E-state index contributed by atoms with van der Waals surface area (Å²) in [4.78, 5) is 0. The normalized spacial score (nSPS) is 31.7. The standard InChI is InChI=1S/C14H18O4/c1-2-6-12(7-3-1)15-10-13-11-17-14(18-13)8-4-5-9-16-14/h1-3,6-7,13H,4-5,8-11H2. The maximum absolute atomic E-state index is 5.84. The summed E-state index contributed by atoms with van der Waals surface area (Å²) in [6, 6.07) is 9.73. The first-order chi connectivity index (χ1) is 8.86. The van der Waals surface area contributed by atoms with E-state index in [0.29, 0.717) is 19.8 Å². The van der Waals surface area contributed by atoms with E-state index in [1.165, 1.54) is 0 Å². The average molecular weight is 250 g/mol. The molecule has 2 aliphatic heterocycles. The van der Waals surface area contributed by atoms with E-state index in [0.717, 1.165) is 25.0 Å². The Hall–Kier alpha value is -1.10. The molecule has 2 atom stereocenters. The summed E-state index contributed by atoms with van der Waals surface area (Å²) in [5.41, 5.74) is 0. The van der Waals surface area contributed by atoms with Crippen molar-refractivity contribution >= 4 is 0 Å². The van der Waals surface area contributed by atoms with Gasteiger partial charge in [0.05, 0.1) is 13.2 Å². The Bertz CT molecular complexity index is 373. The predicted molar refractivity (Wildman–Crippen MR) is 65.3 cm³/mol. The van der Waals surface area contributed by atoms with Crippen LogP contribution in [0.5, 0.6) is 5.75 Å². The Labute approximate surface area is 107 Å². The minimum atomic E-state index is -0.789. The van der Waals surface area contributed by atoms with Crippen LogP contribution >= 0.6 is 0 Å². The van der Waals surface area contributed by atoms with Crippen molar-refractivity contribution in [1.29, 1.82) is 0 Å². The van der Waals surface area contributed by atoms with Gasteiger partial charge in [0, 0.05) is 6.42 Å². The molecule has 0 bridgehead atoms. The summed E-state index contributed by atoms with van der Waals surface area (Å²) in [6.45, 7) is 1.74. The summed E-state index contributed by atoms with van der Waals surface area (Å²) < 4.78 is 22.8. The molecule has 0 radical (unpaired) electrons. The van der Waals surface area contributed by atoms with Crippen LogP contribution in [0.25, 0.3) is 0 Å². The second-order valence-corrected chi connectivity index (χ2v) is 4.66. The molecule has 98 valence electrons. The molecule has 18 heavy (non-hydrogen) atoms. The van der Waals surface area contributed by atoms with Crippen LogP contribution in [0.4, 0.5) is 0 Å². The summed E-state index contributed by atoms with van der Waals surface area (Å²) in [5.74, 6) is 0.0646. The van der Waals surface area contributed by atoms with Crippen LogP contribution < -0.4 is 4.74 Å². The molecule has 2 heterocycles. The molecule has 0 amide bonds. The lowest BCUT2D eigenvalue weighted by Crippen LogP contribution is -2.38. The summed E-state index contributed by atoms with van der Waals surface area (Å²) in [6.07, 6.45) is 2.93. The molecule has 4 nitrogen and oxygen atoms in total. The molecule has 0 saturated carbocycles. The smallest absolute Gasteiger partial charge is 0.283 e. The topological polar surface area (TPSA) is 36.9 Å². The highest BCUT2D eigenvalue weighted by atomic mass is 16.9. The summed E-state index contributed by atoms with van der Waals surface area (Å²) in [5, 5.41) is 0. The first-order valence-corrected chi connectivity index (χ1v) is 6.50. The predicted octanol–water partition coefficient (Wildman–Crippen LogP) is 2.34. The quantitative estimate of drug-likeness (QED) is 0.825. The zero-order valence-electron chi connectivity index (χ0n) is 10.3. The van der Waals surface area contributed by atoms with Crippen LogP contribution in [-0.4, -0.2) is 31.9 Å². The van der Waals surface area contributed by atoms with Crippen molar-refractivity contribution in [2.45, 2.75) is 31.3 Å². The van der Waals surface area contributed by atoms with Crippen molar-refractivity contribution in [1.82, 2.24) is 0 Å². The fraction of sp³-hybridized carbons (Fsp3) is 0.571. The van der Waals surface area contributed by atoms with E-state index in [1.807, 2.05) is 30.3 Å².